The van der Waals surface area contributed by atoms with Gasteiger partial charge in [-0.3, -0.25) is 0 Å². The second-order valence-corrected chi connectivity index (χ2v) is 7.42. The molecule has 2 unspecified atom stereocenters. The van der Waals surface area contributed by atoms with Gasteiger partial charge in [0.2, 0.25) is 0 Å². The van der Waals surface area contributed by atoms with Gasteiger partial charge in [0.05, 0.1) is 0 Å². The van der Waals surface area contributed by atoms with Crippen molar-refractivity contribution in [1.82, 2.24) is 10.2 Å². The minimum atomic E-state index is 0.152. The molecule has 3 nitrogen and oxygen atoms in total. The Balaban J connectivity index is 2.76. The summed E-state index contributed by atoms with van der Waals surface area (Å²) in [6.07, 6.45) is 0. The molecule has 15 heavy (non-hydrogen) atoms. The van der Waals surface area contributed by atoms with E-state index in [0.29, 0.717) is 5.25 Å². The molecule has 1 aromatic rings. The molecule has 2 atom stereocenters. The Hall–Kier alpha value is -0.130. The van der Waals surface area contributed by atoms with Crippen LogP contribution in [0.15, 0.2) is 4.34 Å². The van der Waals surface area contributed by atoms with Gasteiger partial charge in [-0.05, 0) is 19.3 Å². The SMILES string of the molecule is Cc1nnc(SC(C(C)N)C(C)(C)C)s1. The van der Waals surface area contributed by atoms with E-state index in [4.69, 9.17) is 5.73 Å². The molecule has 0 fully saturated rings. The summed E-state index contributed by atoms with van der Waals surface area (Å²) >= 11 is 3.38. The van der Waals surface area contributed by atoms with Gasteiger partial charge in [-0.2, -0.15) is 0 Å². The van der Waals surface area contributed by atoms with Crippen LogP contribution in [0.25, 0.3) is 0 Å². The highest BCUT2D eigenvalue weighted by Gasteiger charge is 2.29. The third-order valence-electron chi connectivity index (χ3n) is 2.07. The Kier molecular flexibility index (Phi) is 4.14. The summed E-state index contributed by atoms with van der Waals surface area (Å²) in [5.74, 6) is 0. The summed E-state index contributed by atoms with van der Waals surface area (Å²) < 4.78 is 1.02. The number of hydrogen-bond donors (Lipinski definition) is 1. The molecule has 0 aromatic carbocycles. The van der Waals surface area contributed by atoms with Crippen LogP contribution in [0.3, 0.4) is 0 Å². The van der Waals surface area contributed by atoms with Crippen molar-refractivity contribution < 1.29 is 0 Å². The maximum atomic E-state index is 6.01. The highest BCUT2D eigenvalue weighted by molar-refractivity contribution is 8.01. The first kappa shape index (κ1) is 12.9. The van der Waals surface area contributed by atoms with Gasteiger partial charge < -0.3 is 5.73 Å². The van der Waals surface area contributed by atoms with E-state index in [-0.39, 0.29) is 11.5 Å². The Morgan fingerprint density at radius 2 is 1.93 bits per heavy atom. The second kappa shape index (κ2) is 4.80. The van der Waals surface area contributed by atoms with Gasteiger partial charge in [0.25, 0.3) is 0 Å². The Bertz CT molecular complexity index is 315. The van der Waals surface area contributed by atoms with Crippen molar-refractivity contribution in [3.8, 4) is 0 Å². The topological polar surface area (TPSA) is 51.8 Å². The largest absolute Gasteiger partial charge is 0.327 e. The predicted molar refractivity (Wildman–Crippen MR) is 67.4 cm³/mol. The van der Waals surface area contributed by atoms with Gasteiger partial charge in [0.1, 0.15) is 5.01 Å². The van der Waals surface area contributed by atoms with Crippen molar-refractivity contribution in [2.45, 2.75) is 50.3 Å². The smallest absolute Gasteiger partial charge is 0.174 e. The molecule has 0 saturated heterocycles. The molecule has 0 spiro atoms. The molecule has 0 aliphatic rings. The lowest BCUT2D eigenvalue weighted by Crippen LogP contribution is -2.38. The molecular weight excluding hydrogens is 226 g/mol. The van der Waals surface area contributed by atoms with Crippen LogP contribution < -0.4 is 5.73 Å². The fraction of sp³-hybridized carbons (Fsp3) is 0.800. The molecule has 1 rings (SSSR count). The molecular formula is C10H19N3S2. The molecule has 1 heterocycles. The lowest BCUT2D eigenvalue weighted by atomic mass is 9.88. The van der Waals surface area contributed by atoms with Crippen LogP contribution in [0.1, 0.15) is 32.7 Å². The summed E-state index contributed by atoms with van der Waals surface area (Å²) in [6.45, 7) is 10.7. The van der Waals surface area contributed by atoms with Crippen LogP contribution in [0, 0.1) is 12.3 Å². The standard InChI is InChI=1S/C10H19N3S2/c1-6(11)8(10(3,4)5)15-9-13-12-7(2)14-9/h6,8H,11H2,1-5H3. The molecule has 0 aliphatic carbocycles. The van der Waals surface area contributed by atoms with E-state index in [1.54, 1.807) is 23.1 Å². The quantitative estimate of drug-likeness (QED) is 0.832. The fourth-order valence-corrected chi connectivity index (χ4v) is 3.66. The lowest BCUT2D eigenvalue weighted by Gasteiger charge is -2.32. The third-order valence-corrected chi connectivity index (χ3v) is 4.91. The van der Waals surface area contributed by atoms with E-state index in [2.05, 4.69) is 37.9 Å². The third kappa shape index (κ3) is 3.74. The second-order valence-electron chi connectivity index (χ2n) is 4.85. The maximum absolute atomic E-state index is 6.01. The maximum Gasteiger partial charge on any atom is 0.174 e. The molecule has 86 valence electrons. The molecule has 0 bridgehead atoms. The predicted octanol–water partition coefficient (Wildman–Crippen LogP) is 2.70. The fourth-order valence-electron chi connectivity index (χ4n) is 1.51. The van der Waals surface area contributed by atoms with Crippen LogP contribution in [0.4, 0.5) is 0 Å². The van der Waals surface area contributed by atoms with Crippen molar-refractivity contribution in [2.75, 3.05) is 0 Å². The molecule has 1 aromatic heterocycles. The zero-order chi connectivity index (χ0) is 11.6. The van der Waals surface area contributed by atoms with Crippen molar-refractivity contribution in [3.63, 3.8) is 0 Å². The van der Waals surface area contributed by atoms with Gasteiger partial charge in [-0.15, -0.1) is 10.2 Å². The van der Waals surface area contributed by atoms with Crippen LogP contribution in [-0.2, 0) is 0 Å². The number of nitrogens with two attached hydrogens (primary N) is 1. The molecule has 0 saturated carbocycles. The summed E-state index contributed by atoms with van der Waals surface area (Å²) in [5.41, 5.74) is 6.19. The number of aromatic nitrogens is 2. The molecule has 0 radical (unpaired) electrons. The van der Waals surface area contributed by atoms with Crippen molar-refractivity contribution in [2.24, 2.45) is 11.1 Å². The summed E-state index contributed by atoms with van der Waals surface area (Å²) in [5, 5.41) is 9.52. The van der Waals surface area contributed by atoms with Crippen molar-refractivity contribution >= 4 is 23.1 Å². The molecule has 5 heteroatoms. The normalized spacial score (nSPS) is 16.4. The minimum Gasteiger partial charge on any atom is -0.327 e. The highest BCUT2D eigenvalue weighted by atomic mass is 32.2. The Morgan fingerprint density at radius 3 is 2.27 bits per heavy atom. The van der Waals surface area contributed by atoms with Crippen molar-refractivity contribution in [3.05, 3.63) is 5.01 Å². The van der Waals surface area contributed by atoms with Gasteiger partial charge in [-0.25, -0.2) is 0 Å². The zero-order valence-corrected chi connectivity index (χ0v) is 11.6. The number of nitrogens with zero attached hydrogens (tertiary/aromatic N) is 2. The number of hydrogen-bond acceptors (Lipinski definition) is 5. The van der Waals surface area contributed by atoms with E-state index in [9.17, 15) is 0 Å². The van der Waals surface area contributed by atoms with E-state index in [1.165, 1.54) is 0 Å². The lowest BCUT2D eigenvalue weighted by molar-refractivity contribution is 0.363. The van der Waals surface area contributed by atoms with E-state index in [1.807, 2.05) is 6.92 Å². The van der Waals surface area contributed by atoms with Gasteiger partial charge in [0, 0.05) is 11.3 Å². The molecule has 0 aliphatic heterocycles. The minimum absolute atomic E-state index is 0.152. The van der Waals surface area contributed by atoms with Crippen molar-refractivity contribution in [1.29, 1.82) is 0 Å². The summed E-state index contributed by atoms with van der Waals surface area (Å²) in [4.78, 5) is 0. The van der Waals surface area contributed by atoms with E-state index < -0.39 is 0 Å². The Morgan fingerprint density at radius 1 is 1.33 bits per heavy atom. The molecule has 0 amide bonds. The van der Waals surface area contributed by atoms with Crippen LogP contribution >= 0.6 is 23.1 Å². The van der Waals surface area contributed by atoms with E-state index in [0.717, 1.165) is 9.35 Å². The van der Waals surface area contributed by atoms with E-state index >= 15 is 0 Å². The molecule has 2 N–H and O–H groups in total. The Labute approximate surface area is 99.9 Å². The first-order chi connectivity index (χ1) is 6.80. The first-order valence-corrected chi connectivity index (χ1v) is 6.72. The van der Waals surface area contributed by atoms with Crippen LogP contribution in [0.2, 0.25) is 0 Å². The number of thioether (sulfide) groups is 1. The van der Waals surface area contributed by atoms with Gasteiger partial charge in [-0.1, -0.05) is 43.9 Å². The highest BCUT2D eigenvalue weighted by Crippen LogP contribution is 2.37. The average molecular weight is 245 g/mol. The summed E-state index contributed by atoms with van der Waals surface area (Å²) in [7, 11) is 0. The number of aryl methyl sites for hydroxylation is 1. The summed E-state index contributed by atoms with van der Waals surface area (Å²) in [6, 6.07) is 0.152. The number of rotatable bonds is 3. The van der Waals surface area contributed by atoms with Crippen LogP contribution in [-0.4, -0.2) is 21.5 Å². The zero-order valence-electron chi connectivity index (χ0n) is 9.94. The average Bonchev–Trinajstić information content (AvgIpc) is 2.44. The monoisotopic (exact) mass is 245 g/mol. The first-order valence-electron chi connectivity index (χ1n) is 5.03. The van der Waals surface area contributed by atoms with Crippen LogP contribution in [0.5, 0.6) is 0 Å². The van der Waals surface area contributed by atoms with Gasteiger partial charge >= 0.3 is 0 Å². The van der Waals surface area contributed by atoms with Gasteiger partial charge in [0.15, 0.2) is 4.34 Å².